The number of allylic oxidation sites excluding steroid dienone is 1. The quantitative estimate of drug-likeness (QED) is 0.659. The topological polar surface area (TPSA) is 38.7 Å². The fourth-order valence-corrected chi connectivity index (χ4v) is 7.69. The molecular weight excluding hydrogens is 312 g/mol. The van der Waals surface area contributed by atoms with Crippen LogP contribution in [-0.4, -0.2) is 29.7 Å². The molecule has 140 valence electrons. The number of hydrogen-bond donors (Lipinski definition) is 1. The van der Waals surface area contributed by atoms with Crippen LogP contribution in [0.2, 0.25) is 0 Å². The van der Waals surface area contributed by atoms with Gasteiger partial charge in [-0.3, -0.25) is 0 Å². The van der Waals surface area contributed by atoms with Gasteiger partial charge in [-0.25, -0.2) is 0 Å². The Morgan fingerprint density at radius 2 is 1.68 bits per heavy atom. The van der Waals surface area contributed by atoms with Crippen molar-refractivity contribution in [2.75, 3.05) is 13.2 Å². The standard InChI is InChI=1S/C22H34O3/c1-19(23)10-11-20(2)15(14-19)4-5-16-17(20)6-8-21(3)18(16)7-9-22(21)24-12-13-25-22/h4,16-18,23H,5-14H2,1-3H3. The summed E-state index contributed by atoms with van der Waals surface area (Å²) in [6, 6.07) is 0. The van der Waals surface area contributed by atoms with Gasteiger partial charge in [0.2, 0.25) is 0 Å². The normalized spacial score (nSPS) is 53.9. The van der Waals surface area contributed by atoms with Crippen LogP contribution in [0.3, 0.4) is 0 Å². The summed E-state index contributed by atoms with van der Waals surface area (Å²) in [4.78, 5) is 0. The second-order valence-corrected chi connectivity index (χ2v) is 10.4. The molecular formula is C22H34O3. The summed E-state index contributed by atoms with van der Waals surface area (Å²) < 4.78 is 12.5. The van der Waals surface area contributed by atoms with Crippen LogP contribution in [0.15, 0.2) is 11.6 Å². The molecule has 6 atom stereocenters. The van der Waals surface area contributed by atoms with Crippen molar-refractivity contribution in [3.63, 3.8) is 0 Å². The number of rotatable bonds is 0. The van der Waals surface area contributed by atoms with Gasteiger partial charge in [-0.15, -0.1) is 0 Å². The first-order valence-electron chi connectivity index (χ1n) is 10.5. The maximum Gasteiger partial charge on any atom is 0.174 e. The Labute approximate surface area is 152 Å². The second-order valence-electron chi connectivity index (χ2n) is 10.4. The van der Waals surface area contributed by atoms with Crippen LogP contribution in [0.5, 0.6) is 0 Å². The molecule has 3 saturated carbocycles. The van der Waals surface area contributed by atoms with Gasteiger partial charge in [0, 0.05) is 11.8 Å². The van der Waals surface area contributed by atoms with Crippen molar-refractivity contribution in [3.05, 3.63) is 11.6 Å². The van der Waals surface area contributed by atoms with E-state index in [1.54, 1.807) is 5.57 Å². The summed E-state index contributed by atoms with van der Waals surface area (Å²) in [5.74, 6) is 1.98. The van der Waals surface area contributed by atoms with E-state index in [9.17, 15) is 5.11 Å². The highest BCUT2D eigenvalue weighted by Crippen LogP contribution is 2.68. The van der Waals surface area contributed by atoms with E-state index in [0.717, 1.165) is 56.7 Å². The SMILES string of the molecule is CC1(O)CCC2(C)C(=CCC3C2CCC2(C)C3CCC23OCCO3)C1. The van der Waals surface area contributed by atoms with Crippen LogP contribution < -0.4 is 0 Å². The summed E-state index contributed by atoms with van der Waals surface area (Å²) in [5.41, 5.74) is 1.55. The molecule has 5 aliphatic rings. The van der Waals surface area contributed by atoms with Gasteiger partial charge in [0.05, 0.1) is 18.8 Å². The van der Waals surface area contributed by atoms with Crippen molar-refractivity contribution >= 4 is 0 Å². The molecule has 25 heavy (non-hydrogen) atoms. The fourth-order valence-electron chi connectivity index (χ4n) is 7.69. The molecule has 1 spiro atoms. The number of hydrogen-bond acceptors (Lipinski definition) is 3. The molecule has 1 N–H and O–H groups in total. The van der Waals surface area contributed by atoms with Gasteiger partial charge in [0.15, 0.2) is 5.79 Å². The molecule has 3 nitrogen and oxygen atoms in total. The molecule has 0 bridgehead atoms. The van der Waals surface area contributed by atoms with E-state index in [4.69, 9.17) is 9.47 Å². The zero-order chi connectivity index (χ0) is 17.5. The number of aliphatic hydroxyl groups is 1. The monoisotopic (exact) mass is 346 g/mol. The zero-order valence-corrected chi connectivity index (χ0v) is 16.1. The van der Waals surface area contributed by atoms with Gasteiger partial charge in [0.1, 0.15) is 0 Å². The first-order valence-corrected chi connectivity index (χ1v) is 10.5. The minimum Gasteiger partial charge on any atom is -0.390 e. The third-order valence-corrected chi connectivity index (χ3v) is 9.18. The second kappa shape index (κ2) is 5.11. The van der Waals surface area contributed by atoms with Crippen molar-refractivity contribution in [2.45, 2.75) is 83.5 Å². The highest BCUT2D eigenvalue weighted by molar-refractivity contribution is 5.27. The third-order valence-electron chi connectivity index (χ3n) is 9.18. The van der Waals surface area contributed by atoms with Crippen LogP contribution in [0.4, 0.5) is 0 Å². The van der Waals surface area contributed by atoms with Gasteiger partial charge in [0.25, 0.3) is 0 Å². The van der Waals surface area contributed by atoms with Crippen LogP contribution in [0.25, 0.3) is 0 Å². The Morgan fingerprint density at radius 1 is 0.960 bits per heavy atom. The lowest BCUT2D eigenvalue weighted by Crippen LogP contribution is -2.55. The average molecular weight is 347 g/mol. The lowest BCUT2D eigenvalue weighted by atomic mass is 9.47. The molecule has 0 radical (unpaired) electrons. The van der Waals surface area contributed by atoms with E-state index < -0.39 is 5.60 Å². The highest BCUT2D eigenvalue weighted by Gasteiger charge is 2.66. The minimum absolute atomic E-state index is 0.187. The molecule has 1 heterocycles. The zero-order valence-electron chi connectivity index (χ0n) is 16.1. The predicted molar refractivity (Wildman–Crippen MR) is 97.0 cm³/mol. The Balaban J connectivity index is 1.48. The molecule has 0 aromatic rings. The van der Waals surface area contributed by atoms with Gasteiger partial charge in [-0.05, 0) is 75.0 Å². The maximum atomic E-state index is 10.6. The highest BCUT2D eigenvalue weighted by atomic mass is 16.7. The number of ether oxygens (including phenoxy) is 2. The van der Waals surface area contributed by atoms with E-state index in [-0.39, 0.29) is 11.2 Å². The van der Waals surface area contributed by atoms with Crippen molar-refractivity contribution in [1.82, 2.24) is 0 Å². The predicted octanol–water partition coefficient (Wildman–Crippen LogP) is 4.44. The van der Waals surface area contributed by atoms with Crippen LogP contribution in [0.1, 0.15) is 72.1 Å². The molecule has 1 aliphatic heterocycles. The fraction of sp³-hybridized carbons (Fsp3) is 0.909. The first-order chi connectivity index (χ1) is 11.8. The Bertz CT molecular complexity index is 602. The molecule has 0 aromatic heterocycles. The Hall–Kier alpha value is -0.380. The molecule has 4 aliphatic carbocycles. The lowest BCUT2D eigenvalue weighted by Gasteiger charge is -2.59. The van der Waals surface area contributed by atoms with Crippen molar-refractivity contribution < 1.29 is 14.6 Å². The van der Waals surface area contributed by atoms with E-state index in [1.807, 2.05) is 6.92 Å². The first kappa shape index (κ1) is 16.8. The summed E-state index contributed by atoms with van der Waals surface area (Å²) >= 11 is 0. The molecule has 5 rings (SSSR count). The van der Waals surface area contributed by atoms with E-state index in [1.165, 1.54) is 25.7 Å². The largest absolute Gasteiger partial charge is 0.390 e. The Morgan fingerprint density at radius 3 is 2.44 bits per heavy atom. The number of fused-ring (bicyclic) bond motifs is 6. The Kier molecular flexibility index (Phi) is 3.43. The molecule has 6 unspecified atom stereocenters. The van der Waals surface area contributed by atoms with Gasteiger partial charge in [-0.1, -0.05) is 25.5 Å². The van der Waals surface area contributed by atoms with Crippen molar-refractivity contribution in [3.8, 4) is 0 Å². The smallest absolute Gasteiger partial charge is 0.174 e. The van der Waals surface area contributed by atoms with Gasteiger partial charge in [-0.2, -0.15) is 0 Å². The summed E-state index contributed by atoms with van der Waals surface area (Å²) in [5, 5.41) is 10.6. The van der Waals surface area contributed by atoms with Crippen LogP contribution in [0, 0.1) is 28.6 Å². The van der Waals surface area contributed by atoms with Gasteiger partial charge < -0.3 is 14.6 Å². The molecule has 3 heteroatoms. The summed E-state index contributed by atoms with van der Waals surface area (Å²) in [6.07, 6.45) is 11.6. The summed E-state index contributed by atoms with van der Waals surface area (Å²) in [7, 11) is 0. The maximum absolute atomic E-state index is 10.6. The average Bonchev–Trinajstić information content (AvgIpc) is 3.15. The molecule has 0 amide bonds. The molecule has 0 aromatic carbocycles. The van der Waals surface area contributed by atoms with E-state index >= 15 is 0 Å². The lowest BCUT2D eigenvalue weighted by molar-refractivity contribution is -0.242. The molecule has 1 saturated heterocycles. The summed E-state index contributed by atoms with van der Waals surface area (Å²) in [6.45, 7) is 8.52. The van der Waals surface area contributed by atoms with E-state index in [0.29, 0.717) is 5.41 Å². The minimum atomic E-state index is -0.496. The van der Waals surface area contributed by atoms with Crippen molar-refractivity contribution in [1.29, 1.82) is 0 Å². The van der Waals surface area contributed by atoms with Crippen molar-refractivity contribution in [2.24, 2.45) is 28.6 Å². The molecule has 4 fully saturated rings. The van der Waals surface area contributed by atoms with Crippen LogP contribution >= 0.6 is 0 Å². The third kappa shape index (κ3) is 2.09. The van der Waals surface area contributed by atoms with Gasteiger partial charge >= 0.3 is 0 Å². The van der Waals surface area contributed by atoms with Crippen LogP contribution in [-0.2, 0) is 9.47 Å². The van der Waals surface area contributed by atoms with E-state index in [2.05, 4.69) is 19.9 Å².